The van der Waals surface area contributed by atoms with Crippen LogP contribution in [0.5, 0.6) is 0 Å². The van der Waals surface area contributed by atoms with Gasteiger partial charge in [0, 0.05) is 4.91 Å². The van der Waals surface area contributed by atoms with E-state index < -0.39 is 10.8 Å². The monoisotopic (exact) mass is 298 g/mol. The Labute approximate surface area is 130 Å². The molecule has 2 rings (SSSR count). The minimum atomic E-state index is -1.09. The van der Waals surface area contributed by atoms with Gasteiger partial charge in [-0.15, -0.1) is 0 Å². The normalized spacial score (nSPS) is 12.9. The molecule has 2 aromatic rings. The summed E-state index contributed by atoms with van der Waals surface area (Å²) in [7, 11) is -1.09. The molecule has 0 amide bonds. The summed E-state index contributed by atoms with van der Waals surface area (Å²) in [6, 6.07) is 18.1. The first-order valence-corrected chi connectivity index (χ1v) is 8.42. The van der Waals surface area contributed by atoms with Gasteiger partial charge in [-0.2, -0.15) is 0 Å². The average molecular weight is 298 g/mol. The molecule has 1 nitrogen and oxygen atoms in total. The van der Waals surface area contributed by atoms with Gasteiger partial charge in [-0.25, -0.2) is 0 Å². The van der Waals surface area contributed by atoms with E-state index in [1.165, 1.54) is 5.56 Å². The molecule has 2 heteroatoms. The van der Waals surface area contributed by atoms with Crippen molar-refractivity contribution in [2.75, 3.05) is 0 Å². The maximum absolute atomic E-state index is 12.4. The Morgan fingerprint density at radius 3 is 2.10 bits per heavy atom. The first-order valence-electron chi connectivity index (χ1n) is 7.10. The molecule has 2 aromatic carbocycles. The van der Waals surface area contributed by atoms with E-state index in [0.717, 1.165) is 11.1 Å². The van der Waals surface area contributed by atoms with Crippen LogP contribution in [0.2, 0.25) is 0 Å². The Morgan fingerprint density at radius 2 is 1.57 bits per heavy atom. The predicted octanol–water partition coefficient (Wildman–Crippen LogP) is 4.90. The van der Waals surface area contributed by atoms with Crippen LogP contribution in [0, 0.1) is 0 Å². The van der Waals surface area contributed by atoms with E-state index in [9.17, 15) is 4.21 Å². The molecule has 110 valence electrons. The molecule has 0 aliphatic heterocycles. The standard InChI is InChI=1S/C19H22OS/c1-15(17-8-6-5-7-9-17)21(20)14-16-10-12-18(13-11-16)19(2,3)4/h5-13H,1,14H2,2-4H3/t21-/m0/s1. The van der Waals surface area contributed by atoms with Gasteiger partial charge in [0.2, 0.25) is 0 Å². The maximum Gasteiger partial charge on any atom is 0.0574 e. The van der Waals surface area contributed by atoms with Gasteiger partial charge < -0.3 is 0 Å². The Morgan fingerprint density at radius 1 is 1.00 bits per heavy atom. The Hall–Kier alpha value is -1.67. The van der Waals surface area contributed by atoms with E-state index in [-0.39, 0.29) is 5.41 Å². The van der Waals surface area contributed by atoms with Crippen molar-refractivity contribution in [3.63, 3.8) is 0 Å². The molecule has 0 aromatic heterocycles. The summed E-state index contributed by atoms with van der Waals surface area (Å²) in [5, 5.41) is 0. The van der Waals surface area contributed by atoms with E-state index in [0.29, 0.717) is 10.7 Å². The fourth-order valence-electron chi connectivity index (χ4n) is 2.09. The fourth-order valence-corrected chi connectivity index (χ4v) is 3.16. The second-order valence-electron chi connectivity index (χ2n) is 6.23. The lowest BCUT2D eigenvalue weighted by Crippen LogP contribution is -2.10. The molecule has 0 saturated heterocycles. The first-order chi connectivity index (χ1) is 9.88. The minimum absolute atomic E-state index is 0.144. The maximum atomic E-state index is 12.4. The van der Waals surface area contributed by atoms with Gasteiger partial charge in [-0.3, -0.25) is 4.21 Å². The van der Waals surface area contributed by atoms with Crippen LogP contribution in [0.25, 0.3) is 4.91 Å². The predicted molar refractivity (Wildman–Crippen MR) is 92.5 cm³/mol. The molecule has 0 fully saturated rings. The van der Waals surface area contributed by atoms with Gasteiger partial charge in [0.05, 0.1) is 16.6 Å². The molecule has 0 unspecified atom stereocenters. The number of rotatable bonds is 4. The van der Waals surface area contributed by atoms with Crippen LogP contribution in [0.15, 0.2) is 61.2 Å². The molecule has 0 bridgehead atoms. The fraction of sp³-hybridized carbons (Fsp3) is 0.263. The van der Waals surface area contributed by atoms with Gasteiger partial charge in [0.15, 0.2) is 0 Å². The van der Waals surface area contributed by atoms with E-state index in [1.807, 2.05) is 30.3 Å². The molecule has 0 heterocycles. The third-order valence-corrected chi connectivity index (χ3v) is 4.87. The van der Waals surface area contributed by atoms with Gasteiger partial charge in [-0.1, -0.05) is 81.9 Å². The quantitative estimate of drug-likeness (QED) is 0.784. The summed E-state index contributed by atoms with van der Waals surface area (Å²) < 4.78 is 12.4. The van der Waals surface area contributed by atoms with Crippen LogP contribution in [0.4, 0.5) is 0 Å². The zero-order valence-electron chi connectivity index (χ0n) is 12.9. The Bertz CT molecular complexity index is 634. The van der Waals surface area contributed by atoms with E-state index in [1.54, 1.807) is 0 Å². The smallest absolute Gasteiger partial charge is 0.0574 e. The van der Waals surface area contributed by atoms with Gasteiger partial charge in [-0.05, 0) is 22.1 Å². The van der Waals surface area contributed by atoms with Crippen LogP contribution < -0.4 is 0 Å². The van der Waals surface area contributed by atoms with Crippen LogP contribution in [-0.4, -0.2) is 4.21 Å². The van der Waals surface area contributed by atoms with Gasteiger partial charge >= 0.3 is 0 Å². The molecule has 0 aliphatic carbocycles. The molecule has 0 aliphatic rings. The minimum Gasteiger partial charge on any atom is -0.254 e. The highest BCUT2D eigenvalue weighted by Crippen LogP contribution is 2.24. The van der Waals surface area contributed by atoms with Crippen molar-refractivity contribution in [1.82, 2.24) is 0 Å². The van der Waals surface area contributed by atoms with E-state index in [4.69, 9.17) is 0 Å². The highest BCUT2D eigenvalue weighted by atomic mass is 32.2. The summed E-state index contributed by atoms with van der Waals surface area (Å²) in [5.74, 6) is 0.512. The third-order valence-electron chi connectivity index (χ3n) is 3.49. The van der Waals surface area contributed by atoms with Crippen LogP contribution in [0.1, 0.15) is 37.5 Å². The summed E-state index contributed by atoms with van der Waals surface area (Å²) >= 11 is 0. The number of hydrogen-bond donors (Lipinski definition) is 0. The molecular weight excluding hydrogens is 276 g/mol. The largest absolute Gasteiger partial charge is 0.254 e. The Kier molecular flexibility index (Phi) is 4.79. The third kappa shape index (κ3) is 4.15. The topological polar surface area (TPSA) is 17.1 Å². The molecule has 0 spiro atoms. The summed E-state index contributed by atoms with van der Waals surface area (Å²) in [4.78, 5) is 0.690. The Balaban J connectivity index is 2.08. The molecule has 0 radical (unpaired) electrons. The second kappa shape index (κ2) is 6.40. The van der Waals surface area contributed by atoms with Crippen molar-refractivity contribution in [2.45, 2.75) is 31.9 Å². The van der Waals surface area contributed by atoms with Gasteiger partial charge in [0.1, 0.15) is 0 Å². The summed E-state index contributed by atoms with van der Waals surface area (Å²) in [6.45, 7) is 10.6. The van der Waals surface area contributed by atoms with Crippen molar-refractivity contribution in [1.29, 1.82) is 0 Å². The SMILES string of the molecule is C=C(c1ccccc1)[S@@](=O)Cc1ccc(C(C)(C)C)cc1. The first kappa shape index (κ1) is 15.7. The number of benzene rings is 2. The van der Waals surface area contributed by atoms with Crippen molar-refractivity contribution in [3.8, 4) is 0 Å². The van der Waals surface area contributed by atoms with Crippen molar-refractivity contribution in [3.05, 3.63) is 77.9 Å². The highest BCUT2D eigenvalue weighted by molar-refractivity contribution is 7.93. The zero-order chi connectivity index (χ0) is 15.5. The van der Waals surface area contributed by atoms with Crippen LogP contribution in [0.3, 0.4) is 0 Å². The zero-order valence-corrected chi connectivity index (χ0v) is 13.7. The van der Waals surface area contributed by atoms with Crippen LogP contribution >= 0.6 is 0 Å². The lowest BCUT2D eigenvalue weighted by molar-refractivity contribution is 0.590. The summed E-state index contributed by atoms with van der Waals surface area (Å²) in [6.07, 6.45) is 0. The number of hydrogen-bond acceptors (Lipinski definition) is 1. The lowest BCUT2D eigenvalue weighted by Gasteiger charge is -2.19. The average Bonchev–Trinajstić information content (AvgIpc) is 2.47. The highest BCUT2D eigenvalue weighted by Gasteiger charge is 2.14. The van der Waals surface area contributed by atoms with Crippen molar-refractivity contribution >= 4 is 15.7 Å². The van der Waals surface area contributed by atoms with Crippen LogP contribution in [-0.2, 0) is 22.0 Å². The van der Waals surface area contributed by atoms with Gasteiger partial charge in [0.25, 0.3) is 0 Å². The molecule has 0 saturated carbocycles. The van der Waals surface area contributed by atoms with Crippen molar-refractivity contribution in [2.24, 2.45) is 0 Å². The molecule has 1 atom stereocenters. The molecular formula is C19H22OS. The molecule has 21 heavy (non-hydrogen) atoms. The van der Waals surface area contributed by atoms with Crippen molar-refractivity contribution < 1.29 is 4.21 Å². The lowest BCUT2D eigenvalue weighted by atomic mass is 9.87. The van der Waals surface area contributed by atoms with E-state index in [2.05, 4.69) is 51.6 Å². The molecule has 0 N–H and O–H groups in total. The van der Waals surface area contributed by atoms with E-state index >= 15 is 0 Å². The summed E-state index contributed by atoms with van der Waals surface area (Å²) in [5.41, 5.74) is 3.46. The second-order valence-corrected chi connectivity index (χ2v) is 7.70.